The summed E-state index contributed by atoms with van der Waals surface area (Å²) in [7, 11) is -2.95. The number of hydrogen-bond donors (Lipinski definition) is 2. The Morgan fingerprint density at radius 2 is 1.95 bits per heavy atom. The number of aliphatic imine (C=N–C) groups is 1. The van der Waals surface area contributed by atoms with Gasteiger partial charge in [-0.2, -0.15) is 0 Å². The van der Waals surface area contributed by atoms with Crippen molar-refractivity contribution in [2.75, 3.05) is 44.9 Å². The van der Waals surface area contributed by atoms with Crippen LogP contribution in [0, 0.1) is 5.92 Å². The maximum Gasteiger partial charge on any atom is 0.191 e. The van der Waals surface area contributed by atoms with E-state index in [0.29, 0.717) is 31.6 Å². The summed E-state index contributed by atoms with van der Waals surface area (Å²) in [4.78, 5) is 4.32. The third kappa shape index (κ3) is 13.6. The molecule has 0 aliphatic carbocycles. The third-order valence-corrected chi connectivity index (χ3v) is 3.40. The monoisotopic (exact) mass is 307 g/mol. The summed E-state index contributed by atoms with van der Waals surface area (Å²) in [5.74, 6) is 1.37. The zero-order valence-electron chi connectivity index (χ0n) is 13.1. The first kappa shape index (κ1) is 19.2. The van der Waals surface area contributed by atoms with E-state index in [2.05, 4.69) is 29.5 Å². The average Bonchev–Trinajstić information content (AvgIpc) is 2.31. The number of hydrogen-bond acceptors (Lipinski definition) is 4. The van der Waals surface area contributed by atoms with Crippen LogP contribution in [0.3, 0.4) is 0 Å². The maximum atomic E-state index is 11.0. The molecule has 20 heavy (non-hydrogen) atoms. The second kappa shape index (κ2) is 10.9. The lowest BCUT2D eigenvalue weighted by Gasteiger charge is -2.11. The van der Waals surface area contributed by atoms with E-state index in [4.69, 9.17) is 4.74 Å². The molecule has 0 aromatic carbocycles. The van der Waals surface area contributed by atoms with E-state index in [-0.39, 0.29) is 5.75 Å². The van der Waals surface area contributed by atoms with Crippen molar-refractivity contribution in [1.29, 1.82) is 0 Å². The molecular weight excluding hydrogens is 278 g/mol. The van der Waals surface area contributed by atoms with Crippen LogP contribution in [0.1, 0.15) is 27.2 Å². The molecule has 120 valence electrons. The van der Waals surface area contributed by atoms with Crippen LogP contribution in [0.5, 0.6) is 0 Å². The fourth-order valence-corrected chi connectivity index (χ4v) is 1.81. The van der Waals surface area contributed by atoms with Crippen molar-refractivity contribution in [1.82, 2.24) is 10.6 Å². The minimum Gasteiger partial charge on any atom is -0.380 e. The zero-order valence-corrected chi connectivity index (χ0v) is 13.9. The Morgan fingerprint density at radius 3 is 2.50 bits per heavy atom. The Bertz CT molecular complexity index is 367. The summed E-state index contributed by atoms with van der Waals surface area (Å²) in [6.07, 6.45) is 2.28. The van der Waals surface area contributed by atoms with Crippen LogP contribution in [-0.4, -0.2) is 59.2 Å². The predicted octanol–water partition coefficient (Wildman–Crippen LogP) is 0.649. The fourth-order valence-electron chi connectivity index (χ4n) is 1.34. The minimum absolute atomic E-state index is 0.0995. The molecule has 7 heteroatoms. The van der Waals surface area contributed by atoms with Crippen LogP contribution in [0.25, 0.3) is 0 Å². The number of nitrogens with one attached hydrogen (secondary N) is 2. The summed E-state index contributed by atoms with van der Waals surface area (Å²) in [6, 6.07) is 0. The molecule has 0 radical (unpaired) electrons. The van der Waals surface area contributed by atoms with Crippen molar-refractivity contribution in [3.63, 3.8) is 0 Å². The minimum atomic E-state index is -2.95. The van der Waals surface area contributed by atoms with Crippen LogP contribution in [0.2, 0.25) is 0 Å². The van der Waals surface area contributed by atoms with Crippen LogP contribution in [-0.2, 0) is 14.6 Å². The molecule has 0 aliphatic rings. The van der Waals surface area contributed by atoms with E-state index < -0.39 is 9.84 Å². The van der Waals surface area contributed by atoms with Gasteiger partial charge in [-0.3, -0.25) is 4.99 Å². The zero-order chi connectivity index (χ0) is 15.4. The molecule has 0 saturated heterocycles. The van der Waals surface area contributed by atoms with Crippen molar-refractivity contribution < 1.29 is 13.2 Å². The summed E-state index contributed by atoms with van der Waals surface area (Å²) >= 11 is 0. The van der Waals surface area contributed by atoms with Gasteiger partial charge in [-0.25, -0.2) is 8.42 Å². The summed E-state index contributed by atoms with van der Waals surface area (Å²) in [6.45, 7) is 9.28. The van der Waals surface area contributed by atoms with E-state index in [1.54, 1.807) is 0 Å². The topological polar surface area (TPSA) is 79.8 Å². The van der Waals surface area contributed by atoms with Gasteiger partial charge in [-0.15, -0.1) is 0 Å². The van der Waals surface area contributed by atoms with E-state index in [1.807, 2.05) is 6.92 Å². The average molecular weight is 307 g/mol. The number of rotatable bonds is 10. The lowest BCUT2D eigenvalue weighted by molar-refractivity contribution is 0.130. The molecule has 0 rings (SSSR count). The highest BCUT2D eigenvalue weighted by molar-refractivity contribution is 7.90. The van der Waals surface area contributed by atoms with Gasteiger partial charge in [0.05, 0.1) is 18.9 Å². The molecule has 0 fully saturated rings. The van der Waals surface area contributed by atoms with E-state index in [9.17, 15) is 8.42 Å². The van der Waals surface area contributed by atoms with Crippen molar-refractivity contribution in [3.8, 4) is 0 Å². The van der Waals surface area contributed by atoms with Crippen molar-refractivity contribution >= 4 is 15.8 Å². The summed E-state index contributed by atoms with van der Waals surface area (Å²) in [5.41, 5.74) is 0. The molecule has 0 atom stereocenters. The van der Waals surface area contributed by atoms with Gasteiger partial charge in [0.15, 0.2) is 5.96 Å². The fraction of sp³-hybridized carbons (Fsp3) is 0.923. The molecule has 0 spiro atoms. The first-order valence-electron chi connectivity index (χ1n) is 7.12. The van der Waals surface area contributed by atoms with E-state index >= 15 is 0 Å². The number of nitrogens with zero attached hydrogens (tertiary/aromatic N) is 1. The Balaban J connectivity index is 3.89. The number of ether oxygens (including phenoxy) is 1. The highest BCUT2D eigenvalue weighted by Crippen LogP contribution is 1.98. The quantitative estimate of drug-likeness (QED) is 0.352. The van der Waals surface area contributed by atoms with E-state index in [0.717, 1.165) is 19.6 Å². The van der Waals surface area contributed by atoms with Gasteiger partial charge in [-0.05, 0) is 19.3 Å². The van der Waals surface area contributed by atoms with Gasteiger partial charge in [-0.1, -0.05) is 13.8 Å². The molecule has 0 amide bonds. The standard InChI is InChI=1S/C13H29N3O3S/c1-5-14-13(16-8-11-20(4,17)18)15-7-10-19-9-6-12(2)3/h12H,5-11H2,1-4H3,(H2,14,15,16). The highest BCUT2D eigenvalue weighted by atomic mass is 32.2. The highest BCUT2D eigenvalue weighted by Gasteiger charge is 2.02. The Kier molecular flexibility index (Phi) is 10.5. The Labute approximate surface area is 123 Å². The molecule has 0 aromatic heterocycles. The molecule has 0 bridgehead atoms. The van der Waals surface area contributed by atoms with Gasteiger partial charge >= 0.3 is 0 Å². The molecule has 0 heterocycles. The largest absolute Gasteiger partial charge is 0.380 e. The molecular formula is C13H29N3O3S. The lowest BCUT2D eigenvalue weighted by atomic mass is 10.1. The molecule has 2 N–H and O–H groups in total. The Morgan fingerprint density at radius 1 is 1.25 bits per heavy atom. The Hall–Kier alpha value is -0.820. The normalized spacial score (nSPS) is 12.8. The van der Waals surface area contributed by atoms with Crippen LogP contribution in [0.15, 0.2) is 4.99 Å². The lowest BCUT2D eigenvalue weighted by Crippen LogP contribution is -2.39. The van der Waals surface area contributed by atoms with Gasteiger partial charge < -0.3 is 15.4 Å². The molecule has 0 aromatic rings. The second-order valence-corrected chi connectivity index (χ2v) is 7.37. The third-order valence-electron chi connectivity index (χ3n) is 2.45. The van der Waals surface area contributed by atoms with Gasteiger partial charge in [0.2, 0.25) is 0 Å². The van der Waals surface area contributed by atoms with Gasteiger partial charge in [0.1, 0.15) is 9.84 Å². The number of sulfone groups is 1. The molecule has 0 unspecified atom stereocenters. The molecule has 0 saturated carbocycles. The van der Waals surface area contributed by atoms with E-state index in [1.165, 1.54) is 6.26 Å². The van der Waals surface area contributed by atoms with Crippen molar-refractivity contribution in [2.45, 2.75) is 27.2 Å². The second-order valence-electron chi connectivity index (χ2n) is 5.11. The first-order chi connectivity index (χ1) is 9.35. The van der Waals surface area contributed by atoms with Crippen molar-refractivity contribution in [2.24, 2.45) is 10.9 Å². The smallest absolute Gasteiger partial charge is 0.191 e. The van der Waals surface area contributed by atoms with Crippen molar-refractivity contribution in [3.05, 3.63) is 0 Å². The number of guanidine groups is 1. The first-order valence-corrected chi connectivity index (χ1v) is 9.19. The SMILES string of the molecule is CCNC(=NCCOCCC(C)C)NCCS(C)(=O)=O. The maximum absolute atomic E-state index is 11.0. The van der Waals surface area contributed by atoms with Crippen LogP contribution < -0.4 is 10.6 Å². The molecule has 6 nitrogen and oxygen atoms in total. The molecule has 0 aliphatic heterocycles. The van der Waals surface area contributed by atoms with Crippen LogP contribution >= 0.6 is 0 Å². The van der Waals surface area contributed by atoms with Gasteiger partial charge in [0.25, 0.3) is 0 Å². The summed E-state index contributed by atoms with van der Waals surface area (Å²) in [5, 5.41) is 6.06. The summed E-state index contributed by atoms with van der Waals surface area (Å²) < 4.78 is 27.5. The van der Waals surface area contributed by atoms with Gasteiger partial charge in [0, 0.05) is 26.0 Å². The predicted molar refractivity (Wildman–Crippen MR) is 84.0 cm³/mol. The van der Waals surface area contributed by atoms with Crippen LogP contribution in [0.4, 0.5) is 0 Å².